The molecule has 0 spiro atoms. The highest BCUT2D eigenvalue weighted by atomic mass is 127. The van der Waals surface area contributed by atoms with Gasteiger partial charge >= 0.3 is 12.1 Å². The number of carboxylic acid groups (broad SMARTS) is 1. The maximum Gasteiger partial charge on any atom is 0.416 e. The molecule has 0 atom stereocenters. The van der Waals surface area contributed by atoms with Crippen molar-refractivity contribution in [3.8, 4) is 0 Å². The van der Waals surface area contributed by atoms with Crippen molar-refractivity contribution < 1.29 is 23.1 Å². The van der Waals surface area contributed by atoms with E-state index in [2.05, 4.69) is 0 Å². The summed E-state index contributed by atoms with van der Waals surface area (Å²) in [5.41, 5.74) is -1.09. The van der Waals surface area contributed by atoms with Crippen molar-refractivity contribution in [2.24, 2.45) is 0 Å². The largest absolute Gasteiger partial charge is 0.481 e. The quantitative estimate of drug-likeness (QED) is 0.847. The molecule has 0 saturated heterocycles. The van der Waals surface area contributed by atoms with Gasteiger partial charge in [-0.05, 0) is 46.4 Å². The molecule has 0 aromatic heterocycles. The number of aliphatic carboxylic acids is 1. The Balaban J connectivity index is 3.20. The highest BCUT2D eigenvalue weighted by Crippen LogP contribution is 2.32. The lowest BCUT2D eigenvalue weighted by Crippen LogP contribution is -2.12. The van der Waals surface area contributed by atoms with Gasteiger partial charge in [-0.25, -0.2) is 0 Å². The van der Waals surface area contributed by atoms with Gasteiger partial charge in [0.05, 0.1) is 12.0 Å². The molecule has 0 heterocycles. The highest BCUT2D eigenvalue weighted by molar-refractivity contribution is 14.1. The van der Waals surface area contributed by atoms with Crippen LogP contribution in [0, 0.1) is 3.57 Å². The molecule has 1 rings (SSSR count). The number of rotatable bonds is 2. The molecule has 0 unspecified atom stereocenters. The second-order valence-corrected chi connectivity index (χ2v) is 4.12. The normalized spacial score (nSPS) is 11.5. The van der Waals surface area contributed by atoms with Crippen LogP contribution < -0.4 is 0 Å². The summed E-state index contributed by atoms with van der Waals surface area (Å²) in [6.07, 6.45) is -5.12. The minimum Gasteiger partial charge on any atom is -0.481 e. The van der Waals surface area contributed by atoms with Crippen LogP contribution in [0.4, 0.5) is 13.2 Å². The molecule has 1 aromatic rings. The van der Waals surface area contributed by atoms with Crippen molar-refractivity contribution in [2.75, 3.05) is 0 Å². The Kier molecular flexibility index (Phi) is 3.58. The summed E-state index contributed by atoms with van der Waals surface area (Å²) in [6.45, 7) is 0. The minimum absolute atomic E-state index is 0.207. The van der Waals surface area contributed by atoms with E-state index in [1.54, 1.807) is 0 Å². The predicted octanol–water partition coefficient (Wildman–Crippen LogP) is 2.94. The van der Waals surface area contributed by atoms with Gasteiger partial charge in [-0.15, -0.1) is 0 Å². The fraction of sp³-hybridized carbons (Fsp3) is 0.222. The molecule has 0 aliphatic heterocycles. The lowest BCUT2D eigenvalue weighted by molar-refractivity contribution is -0.139. The smallest absolute Gasteiger partial charge is 0.416 e. The number of carbonyl (C=O) groups is 1. The Hall–Kier alpha value is -0.790. The molecule has 15 heavy (non-hydrogen) atoms. The van der Waals surface area contributed by atoms with E-state index < -0.39 is 24.1 Å². The van der Waals surface area contributed by atoms with E-state index in [1.807, 2.05) is 22.6 Å². The third kappa shape index (κ3) is 3.37. The SMILES string of the molecule is O=C(O)Cc1cc(I)ccc1C(F)(F)F. The standard InChI is InChI=1S/C9H6F3IO2/c10-9(11,12)7-2-1-6(13)3-5(7)4-8(14)15/h1-3H,4H2,(H,14,15). The molecular weight excluding hydrogens is 324 g/mol. The van der Waals surface area contributed by atoms with Crippen molar-refractivity contribution >= 4 is 28.6 Å². The van der Waals surface area contributed by atoms with Crippen molar-refractivity contribution in [3.63, 3.8) is 0 Å². The second-order valence-electron chi connectivity index (χ2n) is 2.87. The molecule has 0 bridgehead atoms. The first-order valence-electron chi connectivity index (χ1n) is 3.88. The van der Waals surface area contributed by atoms with Crippen molar-refractivity contribution in [1.29, 1.82) is 0 Å². The maximum atomic E-state index is 12.4. The summed E-state index contributed by atoms with van der Waals surface area (Å²) < 4.78 is 37.9. The van der Waals surface area contributed by atoms with Gasteiger partial charge in [0.25, 0.3) is 0 Å². The lowest BCUT2D eigenvalue weighted by Gasteiger charge is -2.11. The van der Waals surface area contributed by atoms with Crippen LogP contribution in [0.25, 0.3) is 0 Å². The van der Waals surface area contributed by atoms with Gasteiger partial charge in [0.1, 0.15) is 0 Å². The first-order valence-corrected chi connectivity index (χ1v) is 4.96. The van der Waals surface area contributed by atoms with E-state index in [0.29, 0.717) is 3.57 Å². The molecule has 0 aliphatic rings. The Labute approximate surface area is 97.2 Å². The summed E-state index contributed by atoms with van der Waals surface area (Å²) in [7, 11) is 0. The topological polar surface area (TPSA) is 37.3 Å². The Morgan fingerprint density at radius 3 is 2.47 bits per heavy atom. The number of alkyl halides is 3. The Morgan fingerprint density at radius 1 is 1.40 bits per heavy atom. The van der Waals surface area contributed by atoms with E-state index in [9.17, 15) is 18.0 Å². The average Bonchev–Trinajstić information content (AvgIpc) is 1.99. The number of halogens is 4. The highest BCUT2D eigenvalue weighted by Gasteiger charge is 2.33. The van der Waals surface area contributed by atoms with Gasteiger partial charge in [-0.2, -0.15) is 13.2 Å². The molecule has 0 fully saturated rings. The Morgan fingerprint density at radius 2 is 2.00 bits per heavy atom. The zero-order valence-electron chi connectivity index (χ0n) is 7.31. The van der Waals surface area contributed by atoms with Crippen LogP contribution in [-0.4, -0.2) is 11.1 Å². The van der Waals surface area contributed by atoms with E-state index in [-0.39, 0.29) is 5.56 Å². The third-order valence-corrected chi connectivity index (χ3v) is 2.39. The average molecular weight is 330 g/mol. The molecular formula is C9H6F3IO2. The second kappa shape index (κ2) is 4.38. The predicted molar refractivity (Wildman–Crippen MR) is 55.5 cm³/mol. The first kappa shape index (κ1) is 12.3. The van der Waals surface area contributed by atoms with Gasteiger partial charge in [0.15, 0.2) is 0 Å². The van der Waals surface area contributed by atoms with E-state index in [1.165, 1.54) is 12.1 Å². The van der Waals surface area contributed by atoms with Gasteiger partial charge in [0.2, 0.25) is 0 Å². The van der Waals surface area contributed by atoms with Crippen molar-refractivity contribution in [3.05, 3.63) is 32.9 Å². The lowest BCUT2D eigenvalue weighted by atomic mass is 10.0. The van der Waals surface area contributed by atoms with E-state index in [0.717, 1.165) is 6.07 Å². The first-order chi connectivity index (χ1) is 6.80. The molecule has 0 aliphatic carbocycles. The van der Waals surface area contributed by atoms with Gasteiger partial charge in [-0.3, -0.25) is 4.79 Å². The van der Waals surface area contributed by atoms with Crippen LogP contribution >= 0.6 is 22.6 Å². The van der Waals surface area contributed by atoms with Crippen LogP contribution in [0.5, 0.6) is 0 Å². The molecule has 0 amide bonds. The molecule has 1 N–H and O–H groups in total. The molecule has 2 nitrogen and oxygen atoms in total. The summed E-state index contributed by atoms with van der Waals surface area (Å²) in [6, 6.07) is 3.44. The molecule has 82 valence electrons. The fourth-order valence-corrected chi connectivity index (χ4v) is 1.70. The fourth-order valence-electron chi connectivity index (χ4n) is 1.15. The van der Waals surface area contributed by atoms with Gasteiger partial charge in [-0.1, -0.05) is 0 Å². The van der Waals surface area contributed by atoms with Crippen LogP contribution in [0.2, 0.25) is 0 Å². The van der Waals surface area contributed by atoms with Crippen LogP contribution in [0.1, 0.15) is 11.1 Å². The van der Waals surface area contributed by atoms with Crippen LogP contribution in [-0.2, 0) is 17.4 Å². The zero-order chi connectivity index (χ0) is 11.6. The molecule has 0 saturated carbocycles. The number of benzene rings is 1. The van der Waals surface area contributed by atoms with Gasteiger partial charge in [0, 0.05) is 3.57 Å². The van der Waals surface area contributed by atoms with Crippen molar-refractivity contribution in [1.82, 2.24) is 0 Å². The Bertz CT molecular complexity index is 387. The van der Waals surface area contributed by atoms with E-state index >= 15 is 0 Å². The van der Waals surface area contributed by atoms with Crippen LogP contribution in [0.3, 0.4) is 0 Å². The van der Waals surface area contributed by atoms with Crippen molar-refractivity contribution in [2.45, 2.75) is 12.6 Å². The summed E-state index contributed by atoms with van der Waals surface area (Å²) in [5, 5.41) is 8.48. The molecule has 6 heteroatoms. The van der Waals surface area contributed by atoms with E-state index in [4.69, 9.17) is 5.11 Å². The monoisotopic (exact) mass is 330 g/mol. The number of hydrogen-bond acceptors (Lipinski definition) is 1. The molecule has 0 radical (unpaired) electrons. The summed E-state index contributed by atoms with van der Waals surface area (Å²) in [4.78, 5) is 10.4. The van der Waals surface area contributed by atoms with Gasteiger partial charge < -0.3 is 5.11 Å². The van der Waals surface area contributed by atoms with Crippen LogP contribution in [0.15, 0.2) is 18.2 Å². The zero-order valence-corrected chi connectivity index (χ0v) is 9.46. The third-order valence-electron chi connectivity index (χ3n) is 1.71. The minimum atomic E-state index is -4.50. The summed E-state index contributed by atoms with van der Waals surface area (Å²) >= 11 is 1.84. The maximum absolute atomic E-state index is 12.4. The number of carboxylic acids is 1. The number of hydrogen-bond donors (Lipinski definition) is 1. The summed E-state index contributed by atoms with van der Waals surface area (Å²) in [5.74, 6) is -1.28. The molecule has 1 aromatic carbocycles.